The number of ether oxygens (including phenoxy) is 1. The van der Waals surface area contributed by atoms with E-state index in [0.717, 1.165) is 55.2 Å². The first-order valence-electron chi connectivity index (χ1n) is 10.5. The molecule has 0 saturated heterocycles. The van der Waals surface area contributed by atoms with E-state index in [0.29, 0.717) is 24.1 Å². The molecule has 2 aromatic rings. The quantitative estimate of drug-likeness (QED) is 0.320. The van der Waals surface area contributed by atoms with Crippen molar-refractivity contribution in [2.75, 3.05) is 42.8 Å². The first-order chi connectivity index (χ1) is 15.2. The Bertz CT molecular complexity index is 969. The Morgan fingerprint density at radius 1 is 1.03 bits per heavy atom. The lowest BCUT2D eigenvalue weighted by molar-refractivity contribution is 0.300. The molecule has 0 unspecified atom stereocenters. The van der Waals surface area contributed by atoms with Crippen molar-refractivity contribution in [3.8, 4) is 5.75 Å². The molecule has 0 fully saturated rings. The van der Waals surface area contributed by atoms with Crippen LogP contribution in [-0.4, -0.2) is 47.1 Å². The fraction of sp³-hybridized carbons (Fsp3) is 0.391. The van der Waals surface area contributed by atoms with E-state index in [1.807, 2.05) is 6.08 Å². The van der Waals surface area contributed by atoms with Crippen molar-refractivity contribution in [2.24, 2.45) is 0 Å². The highest BCUT2D eigenvalue weighted by atomic mass is 32.2. The van der Waals surface area contributed by atoms with E-state index in [2.05, 4.69) is 23.2 Å². The van der Waals surface area contributed by atoms with Crippen molar-refractivity contribution in [2.45, 2.75) is 25.7 Å². The highest BCUT2D eigenvalue weighted by Crippen LogP contribution is 2.23. The van der Waals surface area contributed by atoms with Crippen molar-refractivity contribution < 1.29 is 21.9 Å². The van der Waals surface area contributed by atoms with Gasteiger partial charge in [-0.05, 0) is 62.8 Å². The molecule has 0 amide bonds. The number of hydrogen-bond acceptors (Lipinski definition) is 4. The molecule has 0 radical (unpaired) electrons. The van der Waals surface area contributed by atoms with Gasteiger partial charge in [0, 0.05) is 19.7 Å². The summed E-state index contributed by atoms with van der Waals surface area (Å²) in [5.41, 5.74) is 0.0431. The third kappa shape index (κ3) is 8.12. The van der Waals surface area contributed by atoms with E-state index in [4.69, 9.17) is 4.74 Å². The van der Waals surface area contributed by atoms with Gasteiger partial charge in [0.15, 0.2) is 0 Å². The number of anilines is 2. The number of hydrogen-bond donors (Lipinski definition) is 1. The zero-order valence-corrected chi connectivity index (χ0v) is 19.4. The number of nitrogens with zero attached hydrogens (tertiary/aromatic N) is 2. The van der Waals surface area contributed by atoms with E-state index in [1.165, 1.54) is 7.05 Å². The topological polar surface area (TPSA) is 61.9 Å². The summed E-state index contributed by atoms with van der Waals surface area (Å²) in [6.07, 6.45) is 6.18. The largest absolute Gasteiger partial charge is 0.494 e. The number of halogens is 2. The molecular weight excluding hydrogens is 436 g/mol. The minimum absolute atomic E-state index is 0.328. The van der Waals surface area contributed by atoms with Crippen LogP contribution in [0.4, 0.5) is 20.2 Å². The van der Waals surface area contributed by atoms with Crippen LogP contribution >= 0.6 is 0 Å². The Kier molecular flexibility index (Phi) is 9.93. The van der Waals surface area contributed by atoms with Crippen molar-refractivity contribution in [1.29, 1.82) is 0 Å². The molecular formula is C23H31F2N3O3S. The zero-order valence-electron chi connectivity index (χ0n) is 18.6. The summed E-state index contributed by atoms with van der Waals surface area (Å²) in [5, 5.41) is 0. The van der Waals surface area contributed by atoms with Gasteiger partial charge in [0.05, 0.1) is 18.0 Å². The monoisotopic (exact) mass is 467 g/mol. The second-order valence-corrected chi connectivity index (χ2v) is 9.21. The second-order valence-electron chi connectivity index (χ2n) is 7.51. The molecule has 0 bridgehead atoms. The molecule has 0 aliphatic carbocycles. The Morgan fingerprint density at radius 3 is 2.38 bits per heavy atom. The number of likely N-dealkylation sites (N-methyl/N-ethyl adjacent to an activating group) is 1. The summed E-state index contributed by atoms with van der Waals surface area (Å²) in [6, 6.07) is 9.20. The Hall–Kier alpha value is -2.65. The fourth-order valence-corrected chi connectivity index (χ4v) is 3.99. The van der Waals surface area contributed by atoms with Crippen LogP contribution in [0.15, 0.2) is 55.1 Å². The first kappa shape index (κ1) is 25.6. The van der Waals surface area contributed by atoms with Gasteiger partial charge in [-0.25, -0.2) is 8.78 Å². The van der Waals surface area contributed by atoms with Crippen LogP contribution in [-0.2, 0) is 10.2 Å². The predicted molar refractivity (Wildman–Crippen MR) is 125 cm³/mol. The molecule has 32 heavy (non-hydrogen) atoms. The van der Waals surface area contributed by atoms with Gasteiger partial charge in [-0.1, -0.05) is 18.9 Å². The summed E-state index contributed by atoms with van der Waals surface area (Å²) < 4.78 is 60.6. The van der Waals surface area contributed by atoms with E-state index >= 15 is 0 Å². The molecule has 0 spiro atoms. The average Bonchev–Trinajstić information content (AvgIpc) is 2.75. The van der Waals surface area contributed by atoms with Gasteiger partial charge in [0.1, 0.15) is 17.4 Å². The molecule has 0 aromatic heterocycles. The Morgan fingerprint density at radius 2 is 1.72 bits per heavy atom. The summed E-state index contributed by atoms with van der Waals surface area (Å²) in [4.78, 5) is 2.23. The van der Waals surface area contributed by atoms with Crippen molar-refractivity contribution in [3.05, 3.63) is 66.8 Å². The minimum Gasteiger partial charge on any atom is -0.494 e. The predicted octanol–water partition coefficient (Wildman–Crippen LogP) is 4.81. The molecule has 0 heterocycles. The van der Waals surface area contributed by atoms with Crippen LogP contribution in [0, 0.1) is 11.6 Å². The summed E-state index contributed by atoms with van der Waals surface area (Å²) >= 11 is 0. The number of rotatable bonds is 14. The summed E-state index contributed by atoms with van der Waals surface area (Å²) in [6.45, 7) is 6.26. The van der Waals surface area contributed by atoms with Crippen LogP contribution < -0.4 is 13.8 Å². The molecule has 0 saturated carbocycles. The van der Waals surface area contributed by atoms with Crippen molar-refractivity contribution in [1.82, 2.24) is 4.90 Å². The molecule has 0 aliphatic heterocycles. The highest BCUT2D eigenvalue weighted by molar-refractivity contribution is 7.94. The standard InChI is InChI=1S/C23H31F2N3O3S/c1-4-15-27(2)16-7-5-6-8-17-31-21-12-10-20(11-13-21)28(3)32(29,30)26-23-14-9-19(24)18-22(23)25/h4,9-14,18,26H,1,5-8,15-17H2,2-3H3. The zero-order chi connectivity index (χ0) is 23.6. The average molecular weight is 468 g/mol. The smallest absolute Gasteiger partial charge is 0.323 e. The lowest BCUT2D eigenvalue weighted by atomic mass is 10.2. The van der Waals surface area contributed by atoms with Gasteiger partial charge >= 0.3 is 10.2 Å². The number of nitrogens with one attached hydrogen (secondary N) is 1. The van der Waals surface area contributed by atoms with Gasteiger partial charge in [-0.3, -0.25) is 9.03 Å². The molecule has 2 rings (SSSR count). The van der Waals surface area contributed by atoms with Crippen LogP contribution in [0.25, 0.3) is 0 Å². The summed E-state index contributed by atoms with van der Waals surface area (Å²) in [5.74, 6) is -1.14. The molecule has 176 valence electrons. The van der Waals surface area contributed by atoms with E-state index in [-0.39, 0.29) is 5.69 Å². The number of unbranched alkanes of at least 4 members (excludes halogenated alkanes) is 3. The maximum Gasteiger partial charge on any atom is 0.323 e. The number of benzene rings is 2. The van der Waals surface area contributed by atoms with Crippen LogP contribution in [0.1, 0.15) is 25.7 Å². The van der Waals surface area contributed by atoms with Gasteiger partial charge in [0.25, 0.3) is 0 Å². The highest BCUT2D eigenvalue weighted by Gasteiger charge is 2.20. The third-order valence-corrected chi connectivity index (χ3v) is 6.28. The third-order valence-electron chi connectivity index (χ3n) is 4.87. The first-order valence-corrected chi connectivity index (χ1v) is 11.9. The van der Waals surface area contributed by atoms with Crippen LogP contribution in [0.2, 0.25) is 0 Å². The van der Waals surface area contributed by atoms with Crippen LogP contribution in [0.5, 0.6) is 5.75 Å². The molecule has 9 heteroatoms. The molecule has 0 aliphatic rings. The SMILES string of the molecule is C=CCN(C)CCCCCCOc1ccc(N(C)S(=O)(=O)Nc2ccc(F)cc2F)cc1. The van der Waals surface area contributed by atoms with Crippen LogP contribution in [0.3, 0.4) is 0 Å². The lowest BCUT2D eigenvalue weighted by Gasteiger charge is -2.21. The van der Waals surface area contributed by atoms with E-state index in [9.17, 15) is 17.2 Å². The van der Waals surface area contributed by atoms with Gasteiger partial charge in [-0.2, -0.15) is 8.42 Å². The maximum atomic E-state index is 13.8. The second kappa shape index (κ2) is 12.4. The van der Waals surface area contributed by atoms with E-state index in [1.54, 1.807) is 24.3 Å². The van der Waals surface area contributed by atoms with Crippen molar-refractivity contribution in [3.63, 3.8) is 0 Å². The molecule has 6 nitrogen and oxygen atoms in total. The molecule has 1 N–H and O–H groups in total. The fourth-order valence-electron chi connectivity index (χ4n) is 3.01. The summed E-state index contributed by atoms with van der Waals surface area (Å²) in [7, 11) is -0.666. The van der Waals surface area contributed by atoms with Gasteiger partial charge < -0.3 is 9.64 Å². The van der Waals surface area contributed by atoms with Crippen molar-refractivity contribution >= 4 is 21.6 Å². The van der Waals surface area contributed by atoms with E-state index < -0.39 is 21.8 Å². The Labute approximate surface area is 189 Å². The molecule has 0 atom stereocenters. The maximum absolute atomic E-state index is 13.8. The lowest BCUT2D eigenvalue weighted by Crippen LogP contribution is -2.32. The minimum atomic E-state index is -4.08. The Balaban J connectivity index is 1.79. The van der Waals surface area contributed by atoms with Gasteiger partial charge in [-0.15, -0.1) is 6.58 Å². The van der Waals surface area contributed by atoms with Gasteiger partial charge in [0.2, 0.25) is 0 Å². The molecule has 2 aromatic carbocycles. The normalized spacial score (nSPS) is 11.4.